The summed E-state index contributed by atoms with van der Waals surface area (Å²) in [5.41, 5.74) is -0.794. The van der Waals surface area contributed by atoms with E-state index in [0.29, 0.717) is 13.0 Å². The zero-order valence-electron chi connectivity index (χ0n) is 9.55. The molecular formula is C10H22N2O2. The highest BCUT2D eigenvalue weighted by atomic mass is 16.3. The average molecular weight is 202 g/mol. The van der Waals surface area contributed by atoms with Gasteiger partial charge in [0.15, 0.2) is 0 Å². The van der Waals surface area contributed by atoms with Gasteiger partial charge < -0.3 is 15.7 Å². The Labute approximate surface area is 86.1 Å². The van der Waals surface area contributed by atoms with Crippen LogP contribution in [0.2, 0.25) is 0 Å². The molecule has 0 fully saturated rings. The Bertz CT molecular complexity index is 181. The van der Waals surface area contributed by atoms with E-state index in [9.17, 15) is 9.90 Å². The summed E-state index contributed by atoms with van der Waals surface area (Å²) in [7, 11) is 1.73. The molecule has 0 rings (SSSR count). The third-order valence-corrected chi connectivity index (χ3v) is 2.26. The fourth-order valence-electron chi connectivity index (χ4n) is 1.19. The van der Waals surface area contributed by atoms with E-state index in [4.69, 9.17) is 0 Å². The van der Waals surface area contributed by atoms with Crippen LogP contribution in [0, 0.1) is 0 Å². The molecule has 0 heterocycles. The van der Waals surface area contributed by atoms with Crippen molar-refractivity contribution in [3.8, 4) is 0 Å². The quantitative estimate of drug-likeness (QED) is 0.579. The summed E-state index contributed by atoms with van der Waals surface area (Å²) in [4.78, 5) is 11.3. The number of nitrogens with one attached hydrogen (secondary N) is 2. The van der Waals surface area contributed by atoms with E-state index in [-0.39, 0.29) is 11.9 Å². The first-order chi connectivity index (χ1) is 6.43. The molecule has 0 aromatic heterocycles. The van der Waals surface area contributed by atoms with E-state index in [2.05, 4.69) is 10.6 Å². The second-order valence-corrected chi connectivity index (χ2v) is 3.98. The first kappa shape index (κ1) is 13.4. The van der Waals surface area contributed by atoms with E-state index in [0.717, 1.165) is 6.42 Å². The van der Waals surface area contributed by atoms with Crippen molar-refractivity contribution >= 4 is 5.91 Å². The third kappa shape index (κ3) is 5.19. The van der Waals surface area contributed by atoms with Gasteiger partial charge in [0.2, 0.25) is 5.91 Å². The summed E-state index contributed by atoms with van der Waals surface area (Å²) in [6.45, 7) is 5.84. The van der Waals surface area contributed by atoms with Gasteiger partial charge in [-0.05, 0) is 27.3 Å². The number of carbonyl (C=O) groups is 1. The largest absolute Gasteiger partial charge is 0.388 e. The maximum atomic E-state index is 11.3. The second-order valence-electron chi connectivity index (χ2n) is 3.98. The minimum absolute atomic E-state index is 0.0797. The fraction of sp³-hybridized carbons (Fsp3) is 0.900. The molecule has 3 N–H and O–H groups in total. The van der Waals surface area contributed by atoms with E-state index >= 15 is 0 Å². The first-order valence-electron chi connectivity index (χ1n) is 5.10. The van der Waals surface area contributed by atoms with E-state index in [1.807, 2.05) is 6.92 Å². The molecule has 0 aromatic rings. The molecule has 4 nitrogen and oxygen atoms in total. The first-order valence-corrected chi connectivity index (χ1v) is 5.10. The molecule has 0 radical (unpaired) electrons. The standard InChI is InChI=1S/C10H22N2O2/c1-5-6-10(3,14)7-12-9(13)8(2)11-4/h8,11,14H,5-7H2,1-4H3,(H,12,13). The molecule has 0 aromatic carbocycles. The molecule has 1 amide bonds. The lowest BCUT2D eigenvalue weighted by atomic mass is 10.0. The number of likely N-dealkylation sites (N-methyl/N-ethyl adjacent to an activating group) is 1. The summed E-state index contributed by atoms with van der Waals surface area (Å²) < 4.78 is 0. The van der Waals surface area contributed by atoms with Crippen molar-refractivity contribution < 1.29 is 9.90 Å². The minimum Gasteiger partial charge on any atom is -0.388 e. The number of aliphatic hydroxyl groups is 1. The molecule has 0 saturated heterocycles. The molecule has 4 heteroatoms. The van der Waals surface area contributed by atoms with Crippen LogP contribution in [0.4, 0.5) is 0 Å². The van der Waals surface area contributed by atoms with Crippen LogP contribution in [-0.4, -0.2) is 36.2 Å². The van der Waals surface area contributed by atoms with Gasteiger partial charge in [0.25, 0.3) is 0 Å². The zero-order valence-corrected chi connectivity index (χ0v) is 9.55. The summed E-state index contributed by atoms with van der Waals surface area (Å²) in [5.74, 6) is -0.0797. The van der Waals surface area contributed by atoms with Crippen LogP contribution in [0.1, 0.15) is 33.6 Å². The van der Waals surface area contributed by atoms with Crippen LogP contribution < -0.4 is 10.6 Å². The van der Waals surface area contributed by atoms with Crippen molar-refractivity contribution in [3.05, 3.63) is 0 Å². The molecule has 2 atom stereocenters. The van der Waals surface area contributed by atoms with Crippen LogP contribution >= 0.6 is 0 Å². The number of amides is 1. The van der Waals surface area contributed by atoms with Crippen LogP contribution in [0.3, 0.4) is 0 Å². The Hall–Kier alpha value is -0.610. The Balaban J connectivity index is 3.87. The Morgan fingerprint density at radius 2 is 2.14 bits per heavy atom. The van der Waals surface area contributed by atoms with Crippen molar-refractivity contribution in [2.24, 2.45) is 0 Å². The molecule has 0 saturated carbocycles. The highest BCUT2D eigenvalue weighted by molar-refractivity contribution is 5.81. The van der Waals surface area contributed by atoms with Crippen molar-refractivity contribution in [3.63, 3.8) is 0 Å². The predicted molar refractivity (Wildman–Crippen MR) is 57.1 cm³/mol. The lowest BCUT2D eigenvalue weighted by Crippen LogP contribution is -2.46. The van der Waals surface area contributed by atoms with E-state index in [1.165, 1.54) is 0 Å². The third-order valence-electron chi connectivity index (χ3n) is 2.26. The molecule has 14 heavy (non-hydrogen) atoms. The van der Waals surface area contributed by atoms with Crippen molar-refractivity contribution in [1.29, 1.82) is 0 Å². The predicted octanol–water partition coefficient (Wildman–Crippen LogP) is 0.262. The lowest BCUT2D eigenvalue weighted by molar-refractivity contribution is -0.123. The lowest BCUT2D eigenvalue weighted by Gasteiger charge is -2.23. The Kier molecular flexibility index (Phi) is 5.72. The maximum absolute atomic E-state index is 11.3. The molecule has 2 unspecified atom stereocenters. The van der Waals surface area contributed by atoms with Gasteiger partial charge in [-0.2, -0.15) is 0 Å². The van der Waals surface area contributed by atoms with Crippen molar-refractivity contribution in [2.75, 3.05) is 13.6 Å². The number of rotatable bonds is 6. The molecular weight excluding hydrogens is 180 g/mol. The minimum atomic E-state index is -0.794. The molecule has 0 spiro atoms. The van der Waals surface area contributed by atoms with Crippen LogP contribution in [0.25, 0.3) is 0 Å². The fourth-order valence-corrected chi connectivity index (χ4v) is 1.19. The molecule has 0 aliphatic carbocycles. The highest BCUT2D eigenvalue weighted by Crippen LogP contribution is 2.09. The van der Waals surface area contributed by atoms with Gasteiger partial charge in [-0.3, -0.25) is 4.79 Å². The van der Waals surface area contributed by atoms with Crippen LogP contribution in [-0.2, 0) is 4.79 Å². The van der Waals surface area contributed by atoms with E-state index < -0.39 is 5.60 Å². The molecule has 0 aliphatic heterocycles. The van der Waals surface area contributed by atoms with Gasteiger partial charge >= 0.3 is 0 Å². The van der Waals surface area contributed by atoms with Gasteiger partial charge in [0.1, 0.15) is 0 Å². The maximum Gasteiger partial charge on any atom is 0.236 e. The SMILES string of the molecule is CCCC(C)(O)CNC(=O)C(C)NC. The van der Waals surface area contributed by atoms with Crippen LogP contribution in [0.15, 0.2) is 0 Å². The molecule has 84 valence electrons. The molecule has 0 bridgehead atoms. The Morgan fingerprint density at radius 3 is 2.57 bits per heavy atom. The average Bonchev–Trinajstić information content (AvgIpc) is 2.13. The number of hydrogen-bond donors (Lipinski definition) is 3. The molecule has 0 aliphatic rings. The summed E-state index contributed by atoms with van der Waals surface area (Å²) in [5, 5.41) is 15.3. The normalized spacial score (nSPS) is 17.2. The summed E-state index contributed by atoms with van der Waals surface area (Å²) in [6.07, 6.45) is 1.60. The zero-order chi connectivity index (χ0) is 11.2. The summed E-state index contributed by atoms with van der Waals surface area (Å²) >= 11 is 0. The van der Waals surface area contributed by atoms with Gasteiger partial charge in [0, 0.05) is 6.54 Å². The Morgan fingerprint density at radius 1 is 1.57 bits per heavy atom. The van der Waals surface area contributed by atoms with Crippen molar-refractivity contribution in [1.82, 2.24) is 10.6 Å². The van der Waals surface area contributed by atoms with Crippen LogP contribution in [0.5, 0.6) is 0 Å². The van der Waals surface area contributed by atoms with E-state index in [1.54, 1.807) is 20.9 Å². The van der Waals surface area contributed by atoms with Crippen molar-refractivity contribution in [2.45, 2.75) is 45.3 Å². The topological polar surface area (TPSA) is 61.4 Å². The van der Waals surface area contributed by atoms with Gasteiger partial charge in [-0.25, -0.2) is 0 Å². The van der Waals surface area contributed by atoms with Gasteiger partial charge in [-0.15, -0.1) is 0 Å². The van der Waals surface area contributed by atoms with Gasteiger partial charge in [0.05, 0.1) is 11.6 Å². The van der Waals surface area contributed by atoms with Gasteiger partial charge in [-0.1, -0.05) is 13.3 Å². The second kappa shape index (κ2) is 5.98. The monoisotopic (exact) mass is 202 g/mol. The highest BCUT2D eigenvalue weighted by Gasteiger charge is 2.20. The smallest absolute Gasteiger partial charge is 0.236 e. The number of carbonyl (C=O) groups excluding carboxylic acids is 1. The summed E-state index contributed by atoms with van der Waals surface area (Å²) in [6, 6.07) is -0.215. The number of hydrogen-bond acceptors (Lipinski definition) is 3.